The summed E-state index contributed by atoms with van der Waals surface area (Å²) in [5.74, 6) is -0.127. The van der Waals surface area contributed by atoms with Gasteiger partial charge in [0.15, 0.2) is 17.3 Å². The van der Waals surface area contributed by atoms with E-state index in [1.54, 1.807) is 24.7 Å². The number of hydrogen-bond donors (Lipinski definition) is 3. The molecule has 170 valence electrons. The Labute approximate surface area is 198 Å². The van der Waals surface area contributed by atoms with Crippen LogP contribution in [-0.4, -0.2) is 36.0 Å². The Morgan fingerprint density at radius 1 is 1.00 bits per heavy atom. The second kappa shape index (κ2) is 8.45. The highest BCUT2D eigenvalue weighted by molar-refractivity contribution is 5.96. The van der Waals surface area contributed by atoms with E-state index in [9.17, 15) is 4.79 Å². The maximum atomic E-state index is 15.0. The van der Waals surface area contributed by atoms with Crippen LogP contribution in [0.4, 0.5) is 10.1 Å². The zero-order valence-electron chi connectivity index (χ0n) is 18.3. The van der Waals surface area contributed by atoms with Crippen molar-refractivity contribution < 1.29 is 9.18 Å². The van der Waals surface area contributed by atoms with Crippen LogP contribution in [0, 0.1) is 5.82 Å². The van der Waals surface area contributed by atoms with Gasteiger partial charge < -0.3 is 10.3 Å². The van der Waals surface area contributed by atoms with Crippen LogP contribution < -0.4 is 5.32 Å². The minimum Gasteiger partial charge on any atom is -0.335 e. The zero-order chi connectivity index (χ0) is 23.8. The number of amides is 1. The fourth-order valence-electron chi connectivity index (χ4n) is 4.04. The zero-order valence-corrected chi connectivity index (χ0v) is 18.3. The number of hydrogen-bond acceptors (Lipinski definition) is 5. The first-order chi connectivity index (χ1) is 17.1. The largest absolute Gasteiger partial charge is 0.335 e. The maximum absolute atomic E-state index is 15.0. The third kappa shape index (κ3) is 3.99. The first kappa shape index (κ1) is 20.7. The van der Waals surface area contributed by atoms with Gasteiger partial charge in [0.2, 0.25) is 5.91 Å². The van der Waals surface area contributed by atoms with Crippen LogP contribution in [0.1, 0.15) is 5.56 Å². The van der Waals surface area contributed by atoms with Gasteiger partial charge in [-0.3, -0.25) is 14.9 Å². The predicted octanol–water partition coefficient (Wildman–Crippen LogP) is 4.88. The topological polar surface area (TPSA) is 112 Å². The lowest BCUT2D eigenvalue weighted by Gasteiger charge is -2.08. The van der Waals surface area contributed by atoms with E-state index in [2.05, 4.69) is 35.5 Å². The second-order valence-electron chi connectivity index (χ2n) is 8.09. The van der Waals surface area contributed by atoms with Gasteiger partial charge in [-0.05, 0) is 41.5 Å². The number of carbonyl (C=O) groups is 1. The van der Waals surface area contributed by atoms with Crippen molar-refractivity contribution in [2.24, 2.45) is 0 Å². The van der Waals surface area contributed by atoms with Gasteiger partial charge >= 0.3 is 0 Å². The Bertz CT molecular complexity index is 1660. The second-order valence-corrected chi connectivity index (χ2v) is 8.09. The molecule has 4 heterocycles. The molecule has 8 nitrogen and oxygen atoms in total. The van der Waals surface area contributed by atoms with Crippen molar-refractivity contribution in [1.82, 2.24) is 30.1 Å². The van der Waals surface area contributed by atoms with Crippen LogP contribution in [0.25, 0.3) is 44.7 Å². The van der Waals surface area contributed by atoms with Crippen molar-refractivity contribution in [3.8, 4) is 22.6 Å². The number of aromatic nitrogens is 6. The highest BCUT2D eigenvalue weighted by atomic mass is 19.1. The average Bonchev–Trinajstić information content (AvgIpc) is 3.49. The van der Waals surface area contributed by atoms with E-state index in [0.29, 0.717) is 39.4 Å². The Morgan fingerprint density at radius 2 is 1.89 bits per heavy atom. The van der Waals surface area contributed by atoms with Crippen molar-refractivity contribution in [3.63, 3.8) is 0 Å². The van der Waals surface area contributed by atoms with E-state index in [-0.39, 0.29) is 17.8 Å². The van der Waals surface area contributed by atoms with Crippen molar-refractivity contribution in [2.45, 2.75) is 6.42 Å². The summed E-state index contributed by atoms with van der Waals surface area (Å²) >= 11 is 0. The fraction of sp³-hybridized carbons (Fsp3) is 0.0385. The van der Waals surface area contributed by atoms with E-state index in [1.165, 1.54) is 6.07 Å². The Morgan fingerprint density at radius 3 is 2.74 bits per heavy atom. The van der Waals surface area contributed by atoms with E-state index < -0.39 is 5.82 Å². The molecule has 0 aliphatic carbocycles. The molecule has 1 amide bonds. The molecule has 0 atom stereocenters. The van der Waals surface area contributed by atoms with Gasteiger partial charge in [0.05, 0.1) is 23.8 Å². The number of nitrogens with one attached hydrogen (secondary N) is 3. The molecule has 0 bridgehead atoms. The number of carbonyl (C=O) groups excluding carboxylic acids is 1. The minimum absolute atomic E-state index is 0.160. The summed E-state index contributed by atoms with van der Waals surface area (Å²) < 4.78 is 15.0. The summed E-state index contributed by atoms with van der Waals surface area (Å²) in [5.41, 5.74) is 4.78. The molecule has 0 fully saturated rings. The number of anilines is 1. The first-order valence-corrected chi connectivity index (χ1v) is 10.9. The molecular weight excluding hydrogens is 445 g/mol. The SMILES string of the molecule is O=C(Cc1ccccc1)Nc1cncc(-c2cc(F)c3n[nH]c(-c4nc5ncccc5[nH]4)c3c2)c1. The summed E-state index contributed by atoms with van der Waals surface area (Å²) in [6, 6.07) is 18.1. The average molecular weight is 463 g/mol. The molecule has 35 heavy (non-hydrogen) atoms. The quantitative estimate of drug-likeness (QED) is 0.337. The molecule has 0 unspecified atom stereocenters. The van der Waals surface area contributed by atoms with Crippen molar-refractivity contribution in [3.05, 3.63) is 90.6 Å². The van der Waals surface area contributed by atoms with Gasteiger partial charge in [0.25, 0.3) is 0 Å². The molecule has 6 rings (SSSR count). The molecule has 0 spiro atoms. The molecule has 2 aromatic carbocycles. The van der Waals surface area contributed by atoms with Gasteiger partial charge in [-0.15, -0.1) is 0 Å². The predicted molar refractivity (Wildman–Crippen MR) is 131 cm³/mol. The van der Waals surface area contributed by atoms with Gasteiger partial charge in [-0.2, -0.15) is 5.10 Å². The van der Waals surface area contributed by atoms with Crippen molar-refractivity contribution in [2.75, 3.05) is 5.32 Å². The van der Waals surface area contributed by atoms with E-state index in [1.807, 2.05) is 48.5 Å². The number of nitrogens with zero attached hydrogens (tertiary/aromatic N) is 4. The normalized spacial score (nSPS) is 11.2. The third-order valence-electron chi connectivity index (χ3n) is 5.67. The van der Waals surface area contributed by atoms with Crippen LogP contribution in [0.3, 0.4) is 0 Å². The number of pyridine rings is 2. The lowest BCUT2D eigenvalue weighted by atomic mass is 10.0. The molecule has 0 aliphatic rings. The van der Waals surface area contributed by atoms with E-state index in [4.69, 9.17) is 0 Å². The standard InChI is InChI=1S/C26H18FN7O/c27-20-12-16(17-10-18(14-28-13-17)30-22(35)9-15-5-2-1-3-6-15)11-19-23(20)33-34-24(19)26-31-21-7-4-8-29-25(21)32-26/h1-8,10-14H,9H2,(H,30,35)(H,33,34)(H,29,31,32). The summed E-state index contributed by atoms with van der Waals surface area (Å²) in [7, 11) is 0. The molecule has 0 aliphatic heterocycles. The van der Waals surface area contributed by atoms with Crippen LogP contribution in [-0.2, 0) is 11.2 Å². The first-order valence-electron chi connectivity index (χ1n) is 10.9. The number of aromatic amines is 2. The van der Waals surface area contributed by atoms with Crippen LogP contribution >= 0.6 is 0 Å². The minimum atomic E-state index is -0.479. The molecule has 3 N–H and O–H groups in total. The number of halogens is 1. The van der Waals surface area contributed by atoms with Crippen molar-refractivity contribution >= 4 is 33.7 Å². The van der Waals surface area contributed by atoms with Crippen LogP contribution in [0.15, 0.2) is 79.3 Å². The number of H-pyrrole nitrogens is 2. The highest BCUT2D eigenvalue weighted by Gasteiger charge is 2.17. The number of fused-ring (bicyclic) bond motifs is 2. The van der Waals surface area contributed by atoms with E-state index >= 15 is 4.39 Å². The third-order valence-corrected chi connectivity index (χ3v) is 5.67. The fourth-order valence-corrected chi connectivity index (χ4v) is 4.04. The van der Waals surface area contributed by atoms with E-state index in [0.717, 1.165) is 11.1 Å². The van der Waals surface area contributed by atoms with Crippen molar-refractivity contribution in [1.29, 1.82) is 0 Å². The Hall–Kier alpha value is -4.92. The lowest BCUT2D eigenvalue weighted by molar-refractivity contribution is -0.115. The number of imidazole rings is 1. The lowest BCUT2D eigenvalue weighted by Crippen LogP contribution is -2.14. The van der Waals surface area contributed by atoms with Crippen LogP contribution in [0.2, 0.25) is 0 Å². The number of benzene rings is 2. The molecule has 0 saturated heterocycles. The molecule has 6 aromatic rings. The summed E-state index contributed by atoms with van der Waals surface area (Å²) in [4.78, 5) is 28.6. The van der Waals surface area contributed by atoms with Gasteiger partial charge in [0, 0.05) is 23.3 Å². The smallest absolute Gasteiger partial charge is 0.228 e. The number of rotatable bonds is 5. The van der Waals surface area contributed by atoms with Crippen LogP contribution in [0.5, 0.6) is 0 Å². The molecule has 0 radical (unpaired) electrons. The van der Waals surface area contributed by atoms with Gasteiger partial charge in [-0.1, -0.05) is 30.3 Å². The summed E-state index contributed by atoms with van der Waals surface area (Å²) in [5, 5.41) is 10.5. The maximum Gasteiger partial charge on any atom is 0.228 e. The molecule has 4 aromatic heterocycles. The summed E-state index contributed by atoms with van der Waals surface area (Å²) in [6.07, 6.45) is 5.09. The Kier molecular flexibility index (Phi) is 4.99. The molecule has 9 heteroatoms. The van der Waals surface area contributed by atoms with Gasteiger partial charge in [0.1, 0.15) is 11.2 Å². The van der Waals surface area contributed by atoms with Gasteiger partial charge in [-0.25, -0.2) is 14.4 Å². The molecular formula is C26H18FN7O. The summed E-state index contributed by atoms with van der Waals surface area (Å²) in [6.45, 7) is 0. The Balaban J connectivity index is 1.34. The highest BCUT2D eigenvalue weighted by Crippen LogP contribution is 2.32. The molecule has 0 saturated carbocycles. The monoisotopic (exact) mass is 463 g/mol.